The normalized spacial score (nSPS) is 17.1. The molecule has 0 radical (unpaired) electrons. The van der Waals surface area contributed by atoms with Crippen LogP contribution < -0.4 is 10.2 Å². The minimum atomic E-state index is -4.17. The van der Waals surface area contributed by atoms with Gasteiger partial charge in [-0.25, -0.2) is 22.3 Å². The molecule has 0 aliphatic carbocycles. The molecule has 0 spiro atoms. The summed E-state index contributed by atoms with van der Waals surface area (Å²) in [5.74, 6) is -0.0143. The summed E-state index contributed by atoms with van der Waals surface area (Å²) < 4.78 is 62.5. The number of nitrogens with zero attached hydrogens (tertiary/aromatic N) is 5. The predicted molar refractivity (Wildman–Crippen MR) is 150 cm³/mol. The zero-order valence-corrected chi connectivity index (χ0v) is 25.1. The summed E-state index contributed by atoms with van der Waals surface area (Å²) in [7, 11) is -6.18. The third kappa shape index (κ3) is 6.84. The van der Waals surface area contributed by atoms with Gasteiger partial charge < -0.3 is 9.30 Å². The van der Waals surface area contributed by atoms with E-state index >= 15 is 0 Å². The molecule has 4 rings (SSSR count). The number of thioether (sulfide) groups is 1. The van der Waals surface area contributed by atoms with Crippen molar-refractivity contribution in [3.05, 3.63) is 42.7 Å². The molecule has 3 heterocycles. The summed E-state index contributed by atoms with van der Waals surface area (Å²) in [6.45, 7) is 1.63. The van der Waals surface area contributed by atoms with Crippen molar-refractivity contribution in [1.82, 2.24) is 28.9 Å². The lowest BCUT2D eigenvalue weighted by Gasteiger charge is -2.38. The van der Waals surface area contributed by atoms with Gasteiger partial charge in [0.2, 0.25) is 10.0 Å². The number of rotatable bonds is 12. The monoisotopic (exact) mass is 630 g/mol. The number of carbonyl (C=O) groups is 1. The minimum Gasteiger partial charge on any atom is -0.494 e. The van der Waals surface area contributed by atoms with Gasteiger partial charge in [-0.2, -0.15) is 8.61 Å². The van der Waals surface area contributed by atoms with Crippen LogP contribution in [0.1, 0.15) is 13.3 Å². The molecule has 1 saturated heterocycles. The molecule has 13 nitrogen and oxygen atoms in total. The van der Waals surface area contributed by atoms with E-state index in [0.29, 0.717) is 34.6 Å². The molecule has 1 aromatic carbocycles. The lowest BCUT2D eigenvalue weighted by Crippen LogP contribution is -2.61. The second kappa shape index (κ2) is 13.0. The van der Waals surface area contributed by atoms with E-state index < -0.39 is 38.5 Å². The summed E-state index contributed by atoms with van der Waals surface area (Å²) in [5.41, 5.74) is 2.29. The Hall–Kier alpha value is -2.54. The van der Waals surface area contributed by atoms with Gasteiger partial charge in [0.25, 0.3) is 15.9 Å². The molecule has 40 heavy (non-hydrogen) atoms. The molecule has 0 bridgehead atoms. The first-order valence-corrected chi connectivity index (χ1v) is 17.2. The van der Waals surface area contributed by atoms with Crippen molar-refractivity contribution in [3.8, 4) is 16.2 Å². The van der Waals surface area contributed by atoms with Gasteiger partial charge in [0, 0.05) is 37.3 Å². The van der Waals surface area contributed by atoms with E-state index in [9.17, 15) is 26.8 Å². The Bertz CT molecular complexity index is 1520. The first-order valence-electron chi connectivity index (χ1n) is 12.3. The van der Waals surface area contributed by atoms with E-state index in [-0.39, 0.29) is 23.1 Å². The number of aromatic nitrogens is 3. The van der Waals surface area contributed by atoms with Crippen molar-refractivity contribution in [2.45, 2.75) is 28.8 Å². The van der Waals surface area contributed by atoms with E-state index in [4.69, 9.17) is 4.74 Å². The van der Waals surface area contributed by atoms with E-state index in [2.05, 4.69) is 10.2 Å². The fraction of sp³-hybridized carbons (Fsp3) is 0.435. The summed E-state index contributed by atoms with van der Waals surface area (Å²) in [4.78, 5) is 13.2. The molecule has 2 N–H and O–H groups in total. The Morgan fingerprint density at radius 3 is 2.58 bits per heavy atom. The zero-order chi connectivity index (χ0) is 28.9. The molecule has 2 aromatic heterocycles. The second-order valence-electron chi connectivity index (χ2n) is 8.78. The maximum absolute atomic E-state index is 13.6. The van der Waals surface area contributed by atoms with Crippen LogP contribution in [0.4, 0.5) is 0 Å². The topological polar surface area (TPSA) is 164 Å². The molecule has 1 aliphatic heterocycles. The molecule has 0 unspecified atom stereocenters. The number of carbonyl (C=O) groups excluding carboxylic acids is 1. The highest BCUT2D eigenvalue weighted by atomic mass is 32.2. The number of hydroxylamine groups is 1. The molecule has 1 aliphatic rings. The number of ether oxygens (including phenoxy) is 1. The summed E-state index contributed by atoms with van der Waals surface area (Å²) in [6, 6.07) is 8.92. The predicted octanol–water partition coefficient (Wildman–Crippen LogP) is 1.63. The van der Waals surface area contributed by atoms with Crippen molar-refractivity contribution in [2.24, 2.45) is 7.05 Å². The summed E-state index contributed by atoms with van der Waals surface area (Å²) in [6.07, 6.45) is 1.87. The number of nitrogens with one attached hydrogen (secondary N) is 1. The number of hydrogen-bond acceptors (Lipinski definition) is 11. The van der Waals surface area contributed by atoms with Gasteiger partial charge in [-0.3, -0.25) is 10.0 Å². The molecular formula is C23H30N6O7S4. The standard InChI is InChI=1S/C23H30N6O7S4/c1-3-36-18-7-5-17(6-8-18)20-9-10-21(38-20)40(34,35)29-12-11-28(15-19(29)22(30)26-31)39(32,33)14-4-13-37-23-25-24-16-27(23)2/h5-10,16,19,31H,3-4,11-15H2,1-2H3,(H,26,30)/t19-/m1/s1. The van der Waals surface area contributed by atoms with E-state index in [0.717, 1.165) is 25.5 Å². The van der Waals surface area contributed by atoms with Crippen LogP contribution in [-0.4, -0.2) is 95.1 Å². The van der Waals surface area contributed by atoms with Crippen LogP contribution in [0.15, 0.2) is 52.1 Å². The van der Waals surface area contributed by atoms with Crippen molar-refractivity contribution < 1.29 is 31.6 Å². The summed E-state index contributed by atoms with van der Waals surface area (Å²) in [5, 5.41) is 17.7. The Morgan fingerprint density at radius 1 is 1.18 bits per heavy atom. The number of sulfonamides is 2. The smallest absolute Gasteiger partial charge is 0.263 e. The van der Waals surface area contributed by atoms with E-state index in [1.54, 1.807) is 36.1 Å². The van der Waals surface area contributed by atoms with Crippen molar-refractivity contribution in [2.75, 3.05) is 37.7 Å². The molecule has 0 saturated carbocycles. The van der Waals surface area contributed by atoms with Crippen LogP contribution >= 0.6 is 23.1 Å². The highest BCUT2D eigenvalue weighted by Crippen LogP contribution is 2.34. The minimum absolute atomic E-state index is 0.00392. The van der Waals surface area contributed by atoms with Crippen LogP contribution in [-0.2, 0) is 31.9 Å². The fourth-order valence-corrected chi connectivity index (χ4v) is 9.63. The highest BCUT2D eigenvalue weighted by Gasteiger charge is 2.43. The molecule has 17 heteroatoms. The Balaban J connectivity index is 1.45. The lowest BCUT2D eigenvalue weighted by atomic mass is 10.2. The molecule has 3 aromatic rings. The van der Waals surface area contributed by atoms with Crippen LogP contribution in [0, 0.1) is 0 Å². The quantitative estimate of drug-likeness (QED) is 0.130. The molecule has 1 fully saturated rings. The van der Waals surface area contributed by atoms with Crippen LogP contribution in [0.5, 0.6) is 5.75 Å². The fourth-order valence-electron chi connectivity index (χ4n) is 4.12. The number of amides is 1. The number of hydrogen-bond donors (Lipinski definition) is 2. The molecular weight excluding hydrogens is 601 g/mol. The number of thiophene rings is 1. The highest BCUT2D eigenvalue weighted by molar-refractivity contribution is 7.99. The van der Waals surface area contributed by atoms with Gasteiger partial charge in [-0.1, -0.05) is 11.8 Å². The average Bonchev–Trinajstić information content (AvgIpc) is 3.61. The van der Waals surface area contributed by atoms with Crippen LogP contribution in [0.2, 0.25) is 0 Å². The van der Waals surface area contributed by atoms with Gasteiger partial charge in [0.15, 0.2) is 5.16 Å². The largest absolute Gasteiger partial charge is 0.494 e. The van der Waals surface area contributed by atoms with Crippen LogP contribution in [0.25, 0.3) is 10.4 Å². The number of aryl methyl sites for hydroxylation is 1. The third-order valence-electron chi connectivity index (χ3n) is 6.14. The van der Waals surface area contributed by atoms with Crippen molar-refractivity contribution in [3.63, 3.8) is 0 Å². The molecule has 1 amide bonds. The zero-order valence-electron chi connectivity index (χ0n) is 21.8. The SMILES string of the molecule is CCOc1ccc(-c2ccc(S(=O)(=O)N3CCN(S(=O)(=O)CCCSc4nncn4C)C[C@@H]3C(=O)NO)s2)cc1. The van der Waals surface area contributed by atoms with E-state index in [1.807, 2.05) is 19.1 Å². The van der Waals surface area contributed by atoms with Crippen molar-refractivity contribution in [1.29, 1.82) is 0 Å². The second-order valence-corrected chi connectivity index (χ2v) is 15.1. The Labute approximate surface area is 241 Å². The molecule has 1 atom stereocenters. The maximum atomic E-state index is 13.6. The maximum Gasteiger partial charge on any atom is 0.263 e. The van der Waals surface area contributed by atoms with Crippen molar-refractivity contribution >= 4 is 49.1 Å². The van der Waals surface area contributed by atoms with Gasteiger partial charge in [0.05, 0.1) is 12.4 Å². The number of piperazine rings is 1. The molecule has 218 valence electrons. The summed E-state index contributed by atoms with van der Waals surface area (Å²) >= 11 is 2.41. The van der Waals surface area contributed by atoms with Crippen LogP contribution in [0.3, 0.4) is 0 Å². The van der Waals surface area contributed by atoms with E-state index in [1.165, 1.54) is 23.3 Å². The lowest BCUT2D eigenvalue weighted by molar-refractivity contribution is -0.134. The van der Waals surface area contributed by atoms with Gasteiger partial charge in [-0.15, -0.1) is 21.5 Å². The van der Waals surface area contributed by atoms with Gasteiger partial charge in [0.1, 0.15) is 22.3 Å². The first-order chi connectivity index (χ1) is 19.1. The first kappa shape index (κ1) is 30.4. The third-order valence-corrected chi connectivity index (χ3v) is 12.7. The average molecular weight is 631 g/mol. The Kier molecular flexibility index (Phi) is 9.86. The number of benzene rings is 1. The van der Waals surface area contributed by atoms with Gasteiger partial charge >= 0.3 is 0 Å². The van der Waals surface area contributed by atoms with Gasteiger partial charge in [-0.05, 0) is 55.3 Å². The Morgan fingerprint density at radius 2 is 1.93 bits per heavy atom.